The second kappa shape index (κ2) is 6.82. The first kappa shape index (κ1) is 16.3. The number of aliphatic imine (C=N–C) groups is 1. The van der Waals surface area contributed by atoms with Crippen LogP contribution >= 0.6 is 15.9 Å². The average molecular weight is 362 g/mol. The van der Waals surface area contributed by atoms with Crippen molar-refractivity contribution >= 4 is 22.1 Å². The molecule has 7 nitrogen and oxygen atoms in total. The molecule has 1 aliphatic rings. The van der Waals surface area contributed by atoms with E-state index in [0.717, 1.165) is 4.47 Å². The van der Waals surface area contributed by atoms with Crippen LogP contribution in [-0.4, -0.2) is 69.0 Å². The van der Waals surface area contributed by atoms with Crippen LogP contribution in [0, 0.1) is 0 Å². The molecular weight excluding hydrogens is 346 g/mol. The summed E-state index contributed by atoms with van der Waals surface area (Å²) in [4.78, 5) is 3.96. The summed E-state index contributed by atoms with van der Waals surface area (Å²) in [6, 6.07) is 3.59. The number of hydrogen-bond donors (Lipinski definition) is 5. The number of nitrogens with zero attached hydrogens (tertiary/aromatic N) is 1. The fourth-order valence-corrected chi connectivity index (χ4v) is 2.42. The van der Waals surface area contributed by atoms with Gasteiger partial charge < -0.3 is 30.3 Å². The first-order valence-corrected chi connectivity index (χ1v) is 7.05. The zero-order chi connectivity index (χ0) is 15.6. The van der Waals surface area contributed by atoms with Crippen LogP contribution in [0.1, 0.15) is 5.56 Å². The molecule has 21 heavy (non-hydrogen) atoms. The quantitative estimate of drug-likeness (QED) is 0.457. The monoisotopic (exact) mass is 361 g/mol. The van der Waals surface area contributed by atoms with Crippen molar-refractivity contribution in [1.82, 2.24) is 0 Å². The minimum Gasteiger partial charge on any atom is -0.507 e. The molecule has 0 bridgehead atoms. The molecule has 1 aromatic carbocycles. The van der Waals surface area contributed by atoms with E-state index in [2.05, 4.69) is 20.9 Å². The summed E-state index contributed by atoms with van der Waals surface area (Å²) in [5, 5.41) is 48.1. The summed E-state index contributed by atoms with van der Waals surface area (Å²) in [5.74, 6) is -0.0172. The minimum absolute atomic E-state index is 0.0172. The number of aliphatic hydroxyl groups excluding tert-OH is 4. The molecule has 8 heteroatoms. The maximum absolute atomic E-state index is 9.92. The van der Waals surface area contributed by atoms with Gasteiger partial charge >= 0.3 is 0 Å². The molecular formula is C13H16BrNO6. The lowest BCUT2D eigenvalue weighted by atomic mass is 9.97. The highest BCUT2D eigenvalue weighted by Gasteiger charge is 2.43. The number of rotatable bonds is 3. The minimum atomic E-state index is -1.47. The van der Waals surface area contributed by atoms with Gasteiger partial charge in [0.15, 0.2) is 6.29 Å². The van der Waals surface area contributed by atoms with Gasteiger partial charge in [-0.2, -0.15) is 0 Å². The normalized spacial score (nSPS) is 33.5. The molecule has 1 aliphatic heterocycles. The smallest absolute Gasteiger partial charge is 0.180 e. The number of benzene rings is 1. The summed E-state index contributed by atoms with van der Waals surface area (Å²) in [6.45, 7) is -0.530. The summed E-state index contributed by atoms with van der Waals surface area (Å²) in [7, 11) is 0. The summed E-state index contributed by atoms with van der Waals surface area (Å²) >= 11 is 3.25. The molecule has 1 heterocycles. The van der Waals surface area contributed by atoms with Crippen LogP contribution < -0.4 is 0 Å². The number of aromatic hydroxyl groups is 1. The van der Waals surface area contributed by atoms with E-state index in [1.807, 2.05) is 0 Å². The Morgan fingerprint density at radius 1 is 1.24 bits per heavy atom. The van der Waals surface area contributed by atoms with Crippen LogP contribution in [0.5, 0.6) is 5.75 Å². The Morgan fingerprint density at radius 3 is 2.62 bits per heavy atom. The van der Waals surface area contributed by atoms with Gasteiger partial charge in [-0.1, -0.05) is 15.9 Å². The van der Waals surface area contributed by atoms with E-state index in [-0.39, 0.29) is 5.75 Å². The van der Waals surface area contributed by atoms with Crippen molar-refractivity contribution in [2.24, 2.45) is 4.99 Å². The average Bonchev–Trinajstić information content (AvgIpc) is 2.46. The van der Waals surface area contributed by atoms with Crippen molar-refractivity contribution in [3.05, 3.63) is 28.2 Å². The molecule has 2 rings (SSSR count). The van der Waals surface area contributed by atoms with E-state index >= 15 is 0 Å². The van der Waals surface area contributed by atoms with Crippen LogP contribution in [0.25, 0.3) is 0 Å². The lowest BCUT2D eigenvalue weighted by molar-refractivity contribution is -0.248. The molecule has 0 amide bonds. The highest BCUT2D eigenvalue weighted by molar-refractivity contribution is 9.10. The molecule has 0 radical (unpaired) electrons. The molecule has 1 fully saturated rings. The van der Waals surface area contributed by atoms with Gasteiger partial charge in [0.2, 0.25) is 0 Å². The first-order chi connectivity index (χ1) is 9.93. The Labute approximate surface area is 129 Å². The van der Waals surface area contributed by atoms with E-state index in [1.165, 1.54) is 12.3 Å². The Morgan fingerprint density at radius 2 is 1.95 bits per heavy atom. The van der Waals surface area contributed by atoms with Crippen molar-refractivity contribution in [2.75, 3.05) is 6.61 Å². The molecule has 5 atom stereocenters. The Balaban J connectivity index is 2.18. The summed E-state index contributed by atoms with van der Waals surface area (Å²) < 4.78 is 5.71. The second-order valence-corrected chi connectivity index (χ2v) is 5.62. The molecule has 1 aromatic rings. The van der Waals surface area contributed by atoms with Gasteiger partial charge in [0.05, 0.1) is 6.61 Å². The highest BCUT2D eigenvalue weighted by Crippen LogP contribution is 2.24. The maximum atomic E-state index is 9.92. The van der Waals surface area contributed by atoms with Gasteiger partial charge in [0.1, 0.15) is 30.1 Å². The molecule has 116 valence electrons. The van der Waals surface area contributed by atoms with E-state index < -0.39 is 37.3 Å². The van der Waals surface area contributed by atoms with Gasteiger partial charge in [0.25, 0.3) is 0 Å². The molecule has 0 aromatic heterocycles. The van der Waals surface area contributed by atoms with Crippen LogP contribution in [0.2, 0.25) is 0 Å². The standard InChI is InChI=1S/C13H16BrNO6/c14-7-1-2-8(17)6(3-7)4-15-10-12(19)11(18)9(5-16)21-13(10)20/h1-4,9-13,16-20H,5H2/t9-,10-,11-,12-,13+/m1/s1. The number of phenolic OH excluding ortho intramolecular Hbond substituents is 1. The largest absolute Gasteiger partial charge is 0.507 e. The lowest BCUT2D eigenvalue weighted by Crippen LogP contribution is -2.57. The topological polar surface area (TPSA) is 123 Å². The zero-order valence-corrected chi connectivity index (χ0v) is 12.5. The van der Waals surface area contributed by atoms with Gasteiger partial charge in [-0.25, -0.2) is 0 Å². The van der Waals surface area contributed by atoms with E-state index in [9.17, 15) is 20.4 Å². The fourth-order valence-electron chi connectivity index (χ4n) is 2.04. The Kier molecular flexibility index (Phi) is 5.31. The van der Waals surface area contributed by atoms with Gasteiger partial charge in [0, 0.05) is 16.3 Å². The molecule has 5 N–H and O–H groups in total. The van der Waals surface area contributed by atoms with E-state index in [4.69, 9.17) is 9.84 Å². The molecule has 0 aliphatic carbocycles. The van der Waals surface area contributed by atoms with Crippen molar-refractivity contribution < 1.29 is 30.3 Å². The van der Waals surface area contributed by atoms with Crippen LogP contribution in [0.3, 0.4) is 0 Å². The zero-order valence-electron chi connectivity index (χ0n) is 10.9. The van der Waals surface area contributed by atoms with E-state index in [0.29, 0.717) is 5.56 Å². The first-order valence-electron chi connectivity index (χ1n) is 6.26. The van der Waals surface area contributed by atoms with Crippen LogP contribution in [0.4, 0.5) is 0 Å². The number of hydrogen-bond acceptors (Lipinski definition) is 7. The van der Waals surface area contributed by atoms with Crippen LogP contribution in [-0.2, 0) is 4.74 Å². The van der Waals surface area contributed by atoms with Gasteiger partial charge in [-0.3, -0.25) is 4.99 Å². The van der Waals surface area contributed by atoms with Gasteiger partial charge in [-0.15, -0.1) is 0 Å². The molecule has 0 saturated carbocycles. The Hall–Kier alpha value is -1.03. The fraction of sp³-hybridized carbons (Fsp3) is 0.462. The van der Waals surface area contributed by atoms with Gasteiger partial charge in [-0.05, 0) is 18.2 Å². The predicted molar refractivity (Wildman–Crippen MR) is 77.2 cm³/mol. The summed E-state index contributed by atoms with van der Waals surface area (Å²) in [5.41, 5.74) is 0.377. The number of aliphatic hydroxyl groups is 4. The molecule has 0 spiro atoms. The number of phenols is 1. The molecule has 1 saturated heterocycles. The van der Waals surface area contributed by atoms with E-state index in [1.54, 1.807) is 12.1 Å². The van der Waals surface area contributed by atoms with Crippen molar-refractivity contribution in [1.29, 1.82) is 0 Å². The summed E-state index contributed by atoms with van der Waals surface area (Å²) in [6.07, 6.45) is -4.02. The van der Waals surface area contributed by atoms with Crippen LogP contribution in [0.15, 0.2) is 27.7 Å². The third kappa shape index (κ3) is 3.60. The highest BCUT2D eigenvalue weighted by atomic mass is 79.9. The SMILES string of the molecule is OC[C@H]1O[C@H](O)[C@H](N=Cc2cc(Br)ccc2O)[C@@H](O)[C@@H]1O. The maximum Gasteiger partial charge on any atom is 0.180 e. The van der Waals surface area contributed by atoms with Crippen molar-refractivity contribution in [3.8, 4) is 5.75 Å². The third-order valence-electron chi connectivity index (χ3n) is 3.24. The predicted octanol–water partition coefficient (Wildman–Crippen LogP) is -0.627. The van der Waals surface area contributed by atoms with Crippen molar-refractivity contribution in [2.45, 2.75) is 30.6 Å². The van der Waals surface area contributed by atoms with Crippen molar-refractivity contribution in [3.63, 3.8) is 0 Å². The number of halogens is 1. The third-order valence-corrected chi connectivity index (χ3v) is 3.74. The Bertz CT molecular complexity index is 525. The lowest BCUT2D eigenvalue weighted by Gasteiger charge is -2.38. The second-order valence-electron chi connectivity index (χ2n) is 4.70. The number of ether oxygens (including phenoxy) is 1. The molecule has 0 unspecified atom stereocenters.